The van der Waals surface area contributed by atoms with Crippen molar-refractivity contribution in [1.82, 2.24) is 9.97 Å². The minimum atomic E-state index is 0.527. The van der Waals surface area contributed by atoms with Gasteiger partial charge in [0.05, 0.1) is 34.9 Å². The van der Waals surface area contributed by atoms with Crippen LogP contribution in [0.3, 0.4) is 0 Å². The Morgan fingerprint density at radius 2 is 1.96 bits per heavy atom. The highest BCUT2D eigenvalue weighted by molar-refractivity contribution is 9.10. The Balaban J connectivity index is 2.11. The minimum absolute atomic E-state index is 0.527. The number of anilines is 2. The average Bonchev–Trinajstić information content (AvgIpc) is 2.55. The predicted molar refractivity (Wildman–Crippen MR) is 95.1 cm³/mol. The van der Waals surface area contributed by atoms with E-state index in [9.17, 15) is 0 Å². The third kappa shape index (κ3) is 3.04. The lowest BCUT2D eigenvalue weighted by atomic mass is 10.2. The monoisotopic (exact) mass is 393 g/mol. The molecule has 23 heavy (non-hydrogen) atoms. The Hall–Kier alpha value is -2.05. The molecule has 0 aliphatic rings. The number of nitrogens with one attached hydrogen (secondary N) is 1. The zero-order valence-electron chi connectivity index (χ0n) is 12.4. The molecule has 0 radical (unpaired) electrons. The van der Waals surface area contributed by atoms with Crippen LogP contribution in [0.5, 0.6) is 11.5 Å². The predicted octanol–water partition coefficient (Wildman–Crippen LogP) is 4.81. The van der Waals surface area contributed by atoms with Gasteiger partial charge < -0.3 is 14.8 Å². The molecule has 0 saturated carbocycles. The van der Waals surface area contributed by atoms with E-state index < -0.39 is 0 Å². The molecule has 0 bridgehead atoms. The van der Waals surface area contributed by atoms with Crippen molar-refractivity contribution in [1.29, 1.82) is 0 Å². The van der Waals surface area contributed by atoms with Crippen molar-refractivity contribution in [3.8, 4) is 11.5 Å². The number of aromatic nitrogens is 2. The SMILES string of the molecule is COc1cc2ncnc(Nc3cccc(Cl)c3OC)c2cc1Br. The number of hydrogen-bond donors (Lipinski definition) is 1. The maximum absolute atomic E-state index is 6.16. The fourth-order valence-corrected chi connectivity index (χ4v) is 3.01. The molecule has 0 saturated heterocycles. The highest BCUT2D eigenvalue weighted by Gasteiger charge is 2.12. The van der Waals surface area contributed by atoms with Crippen molar-refractivity contribution in [2.75, 3.05) is 19.5 Å². The van der Waals surface area contributed by atoms with Crippen LogP contribution >= 0.6 is 27.5 Å². The van der Waals surface area contributed by atoms with Crippen molar-refractivity contribution in [3.63, 3.8) is 0 Å². The molecule has 0 spiro atoms. The molecule has 0 unspecified atom stereocenters. The van der Waals surface area contributed by atoms with Crippen LogP contribution in [0.1, 0.15) is 0 Å². The maximum Gasteiger partial charge on any atom is 0.160 e. The van der Waals surface area contributed by atoms with Gasteiger partial charge in [0.25, 0.3) is 0 Å². The molecule has 3 rings (SSSR count). The van der Waals surface area contributed by atoms with Gasteiger partial charge in [-0.3, -0.25) is 0 Å². The van der Waals surface area contributed by atoms with Gasteiger partial charge in [-0.25, -0.2) is 9.97 Å². The van der Waals surface area contributed by atoms with Crippen molar-refractivity contribution >= 4 is 49.9 Å². The van der Waals surface area contributed by atoms with Gasteiger partial charge in [-0.15, -0.1) is 0 Å². The topological polar surface area (TPSA) is 56.3 Å². The van der Waals surface area contributed by atoms with Crippen LogP contribution in [0.2, 0.25) is 5.02 Å². The van der Waals surface area contributed by atoms with E-state index in [0.717, 1.165) is 21.1 Å². The summed E-state index contributed by atoms with van der Waals surface area (Å²) in [5.41, 5.74) is 1.50. The summed E-state index contributed by atoms with van der Waals surface area (Å²) in [4.78, 5) is 8.61. The van der Waals surface area contributed by atoms with Gasteiger partial charge >= 0.3 is 0 Å². The summed E-state index contributed by atoms with van der Waals surface area (Å²) in [6.07, 6.45) is 1.50. The molecule has 3 aromatic rings. The molecule has 118 valence electrons. The van der Waals surface area contributed by atoms with Crippen molar-refractivity contribution in [3.05, 3.63) is 46.2 Å². The number of benzene rings is 2. The molecule has 1 aromatic heterocycles. The van der Waals surface area contributed by atoms with E-state index >= 15 is 0 Å². The third-order valence-corrected chi connectivity index (χ3v) is 4.25. The molecule has 1 N–H and O–H groups in total. The third-order valence-electron chi connectivity index (χ3n) is 3.33. The van der Waals surface area contributed by atoms with Crippen molar-refractivity contribution in [2.45, 2.75) is 0 Å². The lowest BCUT2D eigenvalue weighted by Gasteiger charge is -2.13. The Kier molecular flexibility index (Phi) is 4.54. The van der Waals surface area contributed by atoms with Crippen LogP contribution in [0.15, 0.2) is 41.1 Å². The molecular formula is C16H13BrClN3O2. The number of ether oxygens (including phenoxy) is 2. The molecule has 0 atom stereocenters. The van der Waals surface area contributed by atoms with E-state index in [-0.39, 0.29) is 0 Å². The van der Waals surface area contributed by atoms with Gasteiger partial charge in [-0.1, -0.05) is 17.7 Å². The van der Waals surface area contributed by atoms with E-state index in [2.05, 4.69) is 31.2 Å². The fraction of sp³-hybridized carbons (Fsp3) is 0.125. The molecule has 0 amide bonds. The van der Waals surface area contributed by atoms with Gasteiger partial charge in [0.15, 0.2) is 5.75 Å². The summed E-state index contributed by atoms with van der Waals surface area (Å²) >= 11 is 9.64. The summed E-state index contributed by atoms with van der Waals surface area (Å²) in [6, 6.07) is 9.24. The molecular weight excluding hydrogens is 382 g/mol. The summed E-state index contributed by atoms with van der Waals surface area (Å²) in [7, 11) is 3.19. The first-order valence-electron chi connectivity index (χ1n) is 6.72. The fourth-order valence-electron chi connectivity index (χ4n) is 2.26. The highest BCUT2D eigenvalue weighted by atomic mass is 79.9. The highest BCUT2D eigenvalue weighted by Crippen LogP contribution is 2.37. The lowest BCUT2D eigenvalue weighted by molar-refractivity contribution is 0.412. The van der Waals surface area contributed by atoms with Gasteiger partial charge in [0.2, 0.25) is 0 Å². The Morgan fingerprint density at radius 3 is 2.70 bits per heavy atom. The number of fused-ring (bicyclic) bond motifs is 1. The largest absolute Gasteiger partial charge is 0.495 e. The summed E-state index contributed by atoms with van der Waals surface area (Å²) in [5.74, 6) is 1.93. The standard InChI is InChI=1S/C16H13BrClN3O2/c1-22-14-7-13-9(6-10(14)17)16(20-8-19-13)21-12-5-3-4-11(18)15(12)23-2/h3-8H,1-2H3,(H,19,20,21). The smallest absolute Gasteiger partial charge is 0.160 e. The van der Waals surface area contributed by atoms with E-state index in [1.165, 1.54) is 6.33 Å². The average molecular weight is 395 g/mol. The van der Waals surface area contributed by atoms with Crippen LogP contribution < -0.4 is 14.8 Å². The van der Waals surface area contributed by atoms with E-state index in [4.69, 9.17) is 21.1 Å². The zero-order valence-corrected chi connectivity index (χ0v) is 14.8. The number of halogens is 2. The van der Waals surface area contributed by atoms with Crippen molar-refractivity contribution < 1.29 is 9.47 Å². The van der Waals surface area contributed by atoms with Crippen LogP contribution in [0.25, 0.3) is 10.9 Å². The number of hydrogen-bond acceptors (Lipinski definition) is 5. The quantitative estimate of drug-likeness (QED) is 0.688. The maximum atomic E-state index is 6.16. The molecule has 0 fully saturated rings. The van der Waals surface area contributed by atoms with E-state index in [1.807, 2.05) is 24.3 Å². The normalized spacial score (nSPS) is 10.6. The summed E-state index contributed by atoms with van der Waals surface area (Å²) in [6.45, 7) is 0. The number of para-hydroxylation sites is 1. The van der Waals surface area contributed by atoms with E-state index in [0.29, 0.717) is 22.3 Å². The van der Waals surface area contributed by atoms with Crippen LogP contribution in [-0.4, -0.2) is 24.2 Å². The molecule has 7 heteroatoms. The first kappa shape index (κ1) is 15.8. The molecule has 5 nitrogen and oxygen atoms in total. The second-order valence-electron chi connectivity index (χ2n) is 4.67. The summed E-state index contributed by atoms with van der Waals surface area (Å²) < 4.78 is 11.5. The Morgan fingerprint density at radius 1 is 1.13 bits per heavy atom. The molecule has 0 aliphatic heterocycles. The Labute approximate surface area is 146 Å². The van der Waals surface area contributed by atoms with Gasteiger partial charge in [0, 0.05) is 11.5 Å². The van der Waals surface area contributed by atoms with Gasteiger partial charge in [-0.05, 0) is 34.1 Å². The van der Waals surface area contributed by atoms with Gasteiger partial charge in [-0.2, -0.15) is 0 Å². The van der Waals surface area contributed by atoms with Gasteiger partial charge in [0.1, 0.15) is 17.9 Å². The van der Waals surface area contributed by atoms with Crippen LogP contribution in [0.4, 0.5) is 11.5 Å². The Bertz CT molecular complexity index is 873. The number of nitrogens with zero attached hydrogens (tertiary/aromatic N) is 2. The van der Waals surface area contributed by atoms with Crippen molar-refractivity contribution in [2.24, 2.45) is 0 Å². The molecule has 1 heterocycles. The molecule has 2 aromatic carbocycles. The first-order chi connectivity index (χ1) is 11.1. The summed E-state index contributed by atoms with van der Waals surface area (Å²) in [5, 5.41) is 4.63. The zero-order chi connectivity index (χ0) is 16.4. The number of rotatable bonds is 4. The second-order valence-corrected chi connectivity index (χ2v) is 5.93. The lowest BCUT2D eigenvalue weighted by Crippen LogP contribution is -1.99. The van der Waals surface area contributed by atoms with Crippen LogP contribution in [-0.2, 0) is 0 Å². The molecule has 0 aliphatic carbocycles. The number of methoxy groups -OCH3 is 2. The second kappa shape index (κ2) is 6.60. The van der Waals surface area contributed by atoms with Crippen LogP contribution in [0, 0.1) is 0 Å². The van der Waals surface area contributed by atoms with E-state index in [1.54, 1.807) is 20.3 Å². The minimum Gasteiger partial charge on any atom is -0.495 e. The first-order valence-corrected chi connectivity index (χ1v) is 7.89.